The molecule has 90 valence electrons. The van der Waals surface area contributed by atoms with Crippen molar-refractivity contribution in [2.24, 2.45) is 16.8 Å². The molecule has 0 aliphatic carbocycles. The highest BCUT2D eigenvalue weighted by atomic mass is 32.1. The van der Waals surface area contributed by atoms with Crippen LogP contribution in [0.5, 0.6) is 0 Å². The van der Waals surface area contributed by atoms with Crippen LogP contribution in [0.15, 0.2) is 29.4 Å². The lowest BCUT2D eigenvalue weighted by atomic mass is 10.3. The Morgan fingerprint density at radius 2 is 2.24 bits per heavy atom. The lowest BCUT2D eigenvalue weighted by Crippen LogP contribution is -2.31. The van der Waals surface area contributed by atoms with E-state index >= 15 is 0 Å². The molecule has 1 aromatic heterocycles. The van der Waals surface area contributed by atoms with Crippen LogP contribution in [0.2, 0.25) is 0 Å². The number of carbonyl (C=O) groups is 1. The number of aryl methyl sites for hydroxylation is 1. The molecule has 6 nitrogen and oxygen atoms in total. The molecule has 17 heavy (non-hydrogen) atoms. The molecule has 7 heteroatoms. The maximum atomic E-state index is 11.1. The summed E-state index contributed by atoms with van der Waals surface area (Å²) >= 11 is 1.49. The van der Waals surface area contributed by atoms with Crippen LogP contribution in [0.1, 0.15) is 6.42 Å². The minimum absolute atomic E-state index is 0.212. The number of hydrogen-bond donors (Lipinski definition) is 3. The fourth-order valence-corrected chi connectivity index (χ4v) is 2.60. The van der Waals surface area contributed by atoms with Gasteiger partial charge in [-0.05, 0) is 12.1 Å². The first kappa shape index (κ1) is 11.6. The van der Waals surface area contributed by atoms with E-state index in [1.54, 1.807) is 0 Å². The average Bonchev–Trinajstić information content (AvgIpc) is 2.73. The van der Waals surface area contributed by atoms with Gasteiger partial charge in [0, 0.05) is 13.0 Å². The van der Waals surface area contributed by atoms with Crippen molar-refractivity contribution >= 4 is 27.5 Å². The number of para-hydroxylation sites is 1. The summed E-state index contributed by atoms with van der Waals surface area (Å²) in [5.41, 5.74) is 3.12. The number of amides is 1. The number of fused-ring (bicyclic) bond motifs is 1. The van der Waals surface area contributed by atoms with Crippen LogP contribution in [-0.4, -0.2) is 10.5 Å². The molecule has 2 aromatic rings. The molecule has 0 unspecified atom stereocenters. The zero-order chi connectivity index (χ0) is 12.3. The fourth-order valence-electron chi connectivity index (χ4n) is 1.62. The Morgan fingerprint density at radius 1 is 1.47 bits per heavy atom. The molecule has 0 aliphatic rings. The third-order valence-corrected chi connectivity index (χ3v) is 3.50. The van der Waals surface area contributed by atoms with E-state index in [9.17, 15) is 4.79 Å². The van der Waals surface area contributed by atoms with Gasteiger partial charge in [-0.3, -0.25) is 10.2 Å². The van der Waals surface area contributed by atoms with Gasteiger partial charge in [-0.2, -0.15) is 5.10 Å². The van der Waals surface area contributed by atoms with Gasteiger partial charge < -0.3 is 10.4 Å². The number of hydrogen-bond acceptors (Lipinski definition) is 5. The first-order valence-electron chi connectivity index (χ1n) is 5.08. The van der Waals surface area contributed by atoms with Gasteiger partial charge >= 0.3 is 0 Å². The van der Waals surface area contributed by atoms with E-state index in [1.807, 2.05) is 28.8 Å². The van der Waals surface area contributed by atoms with Crippen LogP contribution in [0, 0.1) is 0 Å². The van der Waals surface area contributed by atoms with E-state index in [0.29, 0.717) is 17.8 Å². The van der Waals surface area contributed by atoms with E-state index in [2.05, 4.69) is 10.5 Å². The number of carbonyl (C=O) groups excluding carboxylic acids is 1. The standard InChI is InChI=1S/C10H13N5OS/c11-13-9(16)5-6-15-7-3-1-2-4-8(7)17-10(15)14-12/h1-4H,5-6,11-12H2,(H,13,16)/b14-10-. The summed E-state index contributed by atoms with van der Waals surface area (Å²) in [5.74, 6) is 10.2. The van der Waals surface area contributed by atoms with Crippen LogP contribution >= 0.6 is 11.3 Å². The van der Waals surface area contributed by atoms with E-state index in [1.165, 1.54) is 11.3 Å². The predicted molar refractivity (Wildman–Crippen MR) is 66.5 cm³/mol. The number of hydrazine groups is 1. The van der Waals surface area contributed by atoms with Crippen LogP contribution in [-0.2, 0) is 11.3 Å². The zero-order valence-electron chi connectivity index (χ0n) is 9.09. The lowest BCUT2D eigenvalue weighted by Gasteiger charge is -2.03. The van der Waals surface area contributed by atoms with Crippen LogP contribution in [0.4, 0.5) is 0 Å². The van der Waals surface area contributed by atoms with Crippen molar-refractivity contribution in [3.05, 3.63) is 29.1 Å². The summed E-state index contributed by atoms with van der Waals surface area (Å²) in [6, 6.07) is 7.86. The number of nitrogens with one attached hydrogen (secondary N) is 1. The van der Waals surface area contributed by atoms with Crippen LogP contribution in [0.25, 0.3) is 10.2 Å². The van der Waals surface area contributed by atoms with Crippen molar-refractivity contribution in [1.82, 2.24) is 9.99 Å². The Kier molecular flexibility index (Phi) is 3.40. The molecule has 0 saturated heterocycles. The molecule has 1 heterocycles. The summed E-state index contributed by atoms with van der Waals surface area (Å²) in [6.45, 7) is 0.503. The molecular formula is C10H13N5OS. The summed E-state index contributed by atoms with van der Waals surface area (Å²) < 4.78 is 3.00. The third-order valence-electron chi connectivity index (χ3n) is 2.42. The number of benzene rings is 1. The van der Waals surface area contributed by atoms with E-state index in [4.69, 9.17) is 11.7 Å². The maximum absolute atomic E-state index is 11.1. The summed E-state index contributed by atoms with van der Waals surface area (Å²) in [6.07, 6.45) is 0.296. The summed E-state index contributed by atoms with van der Waals surface area (Å²) in [7, 11) is 0. The fraction of sp³-hybridized carbons (Fsp3) is 0.200. The molecule has 0 saturated carbocycles. The quantitative estimate of drug-likeness (QED) is 0.402. The minimum atomic E-state index is -0.212. The van der Waals surface area contributed by atoms with E-state index in [0.717, 1.165) is 10.2 Å². The molecule has 0 fully saturated rings. The van der Waals surface area contributed by atoms with Crippen LogP contribution in [0.3, 0.4) is 0 Å². The zero-order valence-corrected chi connectivity index (χ0v) is 9.91. The van der Waals surface area contributed by atoms with Crippen molar-refractivity contribution in [1.29, 1.82) is 0 Å². The SMILES string of the molecule is N/N=c1\sc2ccccc2n1CCC(=O)NN. The molecule has 5 N–H and O–H groups in total. The average molecular weight is 251 g/mol. The number of nitrogens with zero attached hydrogens (tertiary/aromatic N) is 2. The summed E-state index contributed by atoms with van der Waals surface area (Å²) in [5, 5.41) is 3.73. The largest absolute Gasteiger partial charge is 0.320 e. The maximum Gasteiger partial charge on any atom is 0.235 e. The van der Waals surface area contributed by atoms with Gasteiger partial charge in [-0.15, -0.1) is 0 Å². The molecule has 0 atom stereocenters. The van der Waals surface area contributed by atoms with Gasteiger partial charge in [-0.25, -0.2) is 5.84 Å². The monoisotopic (exact) mass is 251 g/mol. The van der Waals surface area contributed by atoms with Crippen molar-refractivity contribution in [3.8, 4) is 0 Å². The lowest BCUT2D eigenvalue weighted by molar-refractivity contribution is -0.121. The highest BCUT2D eigenvalue weighted by Crippen LogP contribution is 2.16. The van der Waals surface area contributed by atoms with Crippen LogP contribution < -0.4 is 21.9 Å². The van der Waals surface area contributed by atoms with Crippen molar-refractivity contribution in [2.75, 3.05) is 0 Å². The minimum Gasteiger partial charge on any atom is -0.320 e. The smallest absolute Gasteiger partial charge is 0.235 e. The predicted octanol–water partition coefficient (Wildman–Crippen LogP) is -0.143. The van der Waals surface area contributed by atoms with Gasteiger partial charge in [0.2, 0.25) is 10.7 Å². The molecule has 2 rings (SSSR count). The van der Waals surface area contributed by atoms with Crippen molar-refractivity contribution in [3.63, 3.8) is 0 Å². The number of nitrogens with two attached hydrogens (primary N) is 2. The topological polar surface area (TPSA) is 98.4 Å². The number of rotatable bonds is 3. The molecule has 0 spiro atoms. The third kappa shape index (κ3) is 2.29. The first-order chi connectivity index (χ1) is 8.26. The molecular weight excluding hydrogens is 238 g/mol. The highest BCUT2D eigenvalue weighted by Gasteiger charge is 2.07. The molecule has 0 radical (unpaired) electrons. The summed E-state index contributed by atoms with van der Waals surface area (Å²) in [4.78, 5) is 11.8. The van der Waals surface area contributed by atoms with Gasteiger partial charge in [0.1, 0.15) is 0 Å². The number of aromatic nitrogens is 1. The van der Waals surface area contributed by atoms with Gasteiger partial charge in [0.25, 0.3) is 0 Å². The molecule has 1 aromatic carbocycles. The Bertz CT molecular complexity index is 600. The van der Waals surface area contributed by atoms with Gasteiger partial charge in [0.15, 0.2) is 0 Å². The second kappa shape index (κ2) is 4.98. The van der Waals surface area contributed by atoms with Gasteiger partial charge in [-0.1, -0.05) is 23.5 Å². The Balaban J connectivity index is 2.41. The van der Waals surface area contributed by atoms with E-state index < -0.39 is 0 Å². The van der Waals surface area contributed by atoms with Crippen molar-refractivity contribution in [2.45, 2.75) is 13.0 Å². The van der Waals surface area contributed by atoms with Gasteiger partial charge in [0.05, 0.1) is 10.2 Å². The normalized spacial score (nSPS) is 11.9. The number of thiazole rings is 1. The second-order valence-electron chi connectivity index (χ2n) is 3.45. The Labute approximate surface area is 102 Å². The van der Waals surface area contributed by atoms with E-state index in [-0.39, 0.29) is 5.91 Å². The molecule has 0 aliphatic heterocycles. The first-order valence-corrected chi connectivity index (χ1v) is 5.89. The Hall–Kier alpha value is -1.86. The highest BCUT2D eigenvalue weighted by molar-refractivity contribution is 7.16. The second-order valence-corrected chi connectivity index (χ2v) is 4.46. The molecule has 1 amide bonds. The Morgan fingerprint density at radius 3 is 2.94 bits per heavy atom. The van der Waals surface area contributed by atoms with Crippen molar-refractivity contribution < 1.29 is 4.79 Å². The molecule has 0 bridgehead atoms.